The van der Waals surface area contributed by atoms with Crippen LogP contribution in [0.3, 0.4) is 0 Å². The molecular weight excluding hydrogens is 194 g/mol. The molecule has 4 heteroatoms. The summed E-state index contributed by atoms with van der Waals surface area (Å²) in [4.78, 5) is 26.3. The molecule has 0 N–H and O–H groups in total. The Hall–Kier alpha value is -1.71. The summed E-state index contributed by atoms with van der Waals surface area (Å²) < 4.78 is 4.46. The molecule has 0 saturated carbocycles. The summed E-state index contributed by atoms with van der Waals surface area (Å²) in [6, 6.07) is 3.78. The Labute approximate surface area is 87.3 Å². The molecule has 0 atom stereocenters. The lowest BCUT2D eigenvalue weighted by Gasteiger charge is -2.19. The van der Waals surface area contributed by atoms with Gasteiger partial charge in [-0.15, -0.1) is 0 Å². The third-order valence-corrected chi connectivity index (χ3v) is 2.41. The van der Waals surface area contributed by atoms with E-state index in [2.05, 4.69) is 9.72 Å². The van der Waals surface area contributed by atoms with E-state index in [9.17, 15) is 9.59 Å². The van der Waals surface area contributed by atoms with Crippen molar-refractivity contribution in [1.29, 1.82) is 0 Å². The predicted molar refractivity (Wildman–Crippen MR) is 52.0 cm³/mol. The largest absolute Gasteiger partial charge is 0.393 e. The molecule has 4 nitrogen and oxygen atoms in total. The van der Waals surface area contributed by atoms with Crippen LogP contribution in [-0.2, 0) is 14.3 Å². The van der Waals surface area contributed by atoms with Gasteiger partial charge in [0.05, 0.1) is 12.8 Å². The summed E-state index contributed by atoms with van der Waals surface area (Å²) in [6.07, 6.45) is 2.17. The predicted octanol–water partition coefficient (Wildman–Crippen LogP) is 1.34. The van der Waals surface area contributed by atoms with E-state index >= 15 is 0 Å². The van der Waals surface area contributed by atoms with E-state index < -0.39 is 11.9 Å². The van der Waals surface area contributed by atoms with E-state index in [1.54, 1.807) is 6.20 Å². The third kappa shape index (κ3) is 2.21. The van der Waals surface area contributed by atoms with Gasteiger partial charge in [0, 0.05) is 17.8 Å². The molecule has 2 rings (SSSR count). The molecule has 1 fully saturated rings. The number of aryl methyl sites for hydroxylation is 1. The molecule has 0 aromatic carbocycles. The second kappa shape index (κ2) is 3.81. The highest BCUT2D eigenvalue weighted by Crippen LogP contribution is 2.26. The second-order valence-corrected chi connectivity index (χ2v) is 3.71. The highest BCUT2D eigenvalue weighted by molar-refractivity contribution is 5.89. The van der Waals surface area contributed by atoms with Gasteiger partial charge >= 0.3 is 11.9 Å². The van der Waals surface area contributed by atoms with Crippen LogP contribution in [0.5, 0.6) is 0 Å². The number of aromatic nitrogens is 1. The van der Waals surface area contributed by atoms with Gasteiger partial charge in [0.25, 0.3) is 0 Å². The number of ether oxygens (including phenoxy) is 1. The summed E-state index contributed by atoms with van der Waals surface area (Å²) in [7, 11) is 0. The Balaban J connectivity index is 2.23. The normalized spacial score (nSPS) is 17.7. The van der Waals surface area contributed by atoms with Crippen molar-refractivity contribution in [1.82, 2.24) is 4.98 Å². The van der Waals surface area contributed by atoms with Gasteiger partial charge in [-0.05, 0) is 24.6 Å². The van der Waals surface area contributed by atoms with E-state index in [1.807, 2.05) is 19.1 Å². The van der Waals surface area contributed by atoms with Crippen LogP contribution in [0.4, 0.5) is 0 Å². The van der Waals surface area contributed by atoms with Gasteiger partial charge in [0.1, 0.15) is 0 Å². The van der Waals surface area contributed by atoms with Crippen LogP contribution in [0.1, 0.15) is 30.0 Å². The number of nitrogens with zero attached hydrogens (tertiary/aromatic N) is 1. The molecule has 0 spiro atoms. The quantitative estimate of drug-likeness (QED) is 0.512. The monoisotopic (exact) mass is 205 g/mol. The van der Waals surface area contributed by atoms with Crippen molar-refractivity contribution < 1.29 is 14.3 Å². The number of esters is 2. The topological polar surface area (TPSA) is 56.3 Å². The first kappa shape index (κ1) is 9.83. The van der Waals surface area contributed by atoms with Gasteiger partial charge in [-0.25, -0.2) is 0 Å². The zero-order chi connectivity index (χ0) is 10.8. The highest BCUT2D eigenvalue weighted by Gasteiger charge is 2.28. The van der Waals surface area contributed by atoms with Crippen molar-refractivity contribution in [3.8, 4) is 0 Å². The van der Waals surface area contributed by atoms with Crippen LogP contribution in [0, 0.1) is 6.92 Å². The molecule has 78 valence electrons. The van der Waals surface area contributed by atoms with Crippen LogP contribution in [-0.4, -0.2) is 16.9 Å². The van der Waals surface area contributed by atoms with Gasteiger partial charge in [0.15, 0.2) is 0 Å². The van der Waals surface area contributed by atoms with Gasteiger partial charge in [-0.3, -0.25) is 14.6 Å². The van der Waals surface area contributed by atoms with Crippen LogP contribution < -0.4 is 0 Å². The van der Waals surface area contributed by atoms with Crippen LogP contribution in [0.25, 0.3) is 0 Å². The van der Waals surface area contributed by atoms with E-state index in [0.717, 1.165) is 11.3 Å². The summed E-state index contributed by atoms with van der Waals surface area (Å²) in [5.41, 5.74) is 1.87. The van der Waals surface area contributed by atoms with Crippen molar-refractivity contribution in [2.75, 3.05) is 0 Å². The SMILES string of the molecule is Cc1ccnc(C2CC(=O)OC(=O)C2)c1. The van der Waals surface area contributed by atoms with Gasteiger partial charge in [-0.1, -0.05) is 0 Å². The Morgan fingerprint density at radius 2 is 2.00 bits per heavy atom. The zero-order valence-corrected chi connectivity index (χ0v) is 8.40. The first-order valence-corrected chi connectivity index (χ1v) is 4.81. The molecule has 1 aliphatic heterocycles. The number of carbonyl (C=O) groups excluding carboxylic acids is 2. The Bertz CT molecular complexity index is 398. The maximum Gasteiger partial charge on any atom is 0.314 e. The summed E-state index contributed by atoms with van der Waals surface area (Å²) in [6.45, 7) is 1.95. The van der Waals surface area contributed by atoms with Crippen LogP contribution in [0.15, 0.2) is 18.3 Å². The number of pyridine rings is 1. The molecule has 0 radical (unpaired) electrons. The molecule has 1 aliphatic rings. The Morgan fingerprint density at radius 3 is 2.60 bits per heavy atom. The van der Waals surface area contributed by atoms with Gasteiger partial charge in [-0.2, -0.15) is 0 Å². The molecule has 1 saturated heterocycles. The number of cyclic esters (lactones) is 2. The lowest BCUT2D eigenvalue weighted by atomic mass is 9.94. The Morgan fingerprint density at radius 1 is 1.33 bits per heavy atom. The summed E-state index contributed by atoms with van der Waals surface area (Å²) in [5.74, 6) is -1.04. The number of hydrogen-bond donors (Lipinski definition) is 0. The number of rotatable bonds is 1. The van der Waals surface area contributed by atoms with Gasteiger partial charge < -0.3 is 4.74 Å². The number of carbonyl (C=O) groups is 2. The average Bonchev–Trinajstić information content (AvgIpc) is 2.16. The van der Waals surface area contributed by atoms with Crippen molar-refractivity contribution in [2.24, 2.45) is 0 Å². The van der Waals surface area contributed by atoms with Crippen molar-refractivity contribution in [3.05, 3.63) is 29.6 Å². The van der Waals surface area contributed by atoms with Gasteiger partial charge in [0.2, 0.25) is 0 Å². The number of hydrogen-bond acceptors (Lipinski definition) is 4. The summed E-state index contributed by atoms with van der Waals surface area (Å²) >= 11 is 0. The van der Waals surface area contributed by atoms with Crippen molar-refractivity contribution >= 4 is 11.9 Å². The van der Waals surface area contributed by atoms with Crippen molar-refractivity contribution in [3.63, 3.8) is 0 Å². The smallest absolute Gasteiger partial charge is 0.314 e. The molecular formula is C11H11NO3. The maximum atomic E-state index is 11.1. The molecule has 1 aromatic rings. The molecule has 2 heterocycles. The lowest BCUT2D eigenvalue weighted by molar-refractivity contribution is -0.164. The van der Waals surface area contributed by atoms with E-state index in [0.29, 0.717) is 0 Å². The molecule has 0 aliphatic carbocycles. The van der Waals surface area contributed by atoms with Crippen LogP contribution >= 0.6 is 0 Å². The summed E-state index contributed by atoms with van der Waals surface area (Å²) in [5, 5.41) is 0. The zero-order valence-electron chi connectivity index (χ0n) is 8.40. The molecule has 15 heavy (non-hydrogen) atoms. The average molecular weight is 205 g/mol. The first-order valence-electron chi connectivity index (χ1n) is 4.81. The fourth-order valence-electron chi connectivity index (χ4n) is 1.68. The second-order valence-electron chi connectivity index (χ2n) is 3.71. The Kier molecular flexibility index (Phi) is 2.49. The fourth-order valence-corrected chi connectivity index (χ4v) is 1.68. The fraction of sp³-hybridized carbons (Fsp3) is 0.364. The van der Waals surface area contributed by atoms with E-state index in [-0.39, 0.29) is 18.8 Å². The van der Waals surface area contributed by atoms with Crippen LogP contribution in [0.2, 0.25) is 0 Å². The maximum absolute atomic E-state index is 11.1. The lowest BCUT2D eigenvalue weighted by Crippen LogP contribution is -2.24. The van der Waals surface area contributed by atoms with E-state index in [1.165, 1.54) is 0 Å². The minimum Gasteiger partial charge on any atom is -0.393 e. The van der Waals surface area contributed by atoms with Crippen molar-refractivity contribution in [2.45, 2.75) is 25.7 Å². The minimum atomic E-state index is -0.459. The molecule has 1 aromatic heterocycles. The molecule has 0 unspecified atom stereocenters. The first-order chi connectivity index (χ1) is 7.15. The minimum absolute atomic E-state index is 0.126. The highest BCUT2D eigenvalue weighted by atomic mass is 16.6. The molecule has 0 bridgehead atoms. The third-order valence-electron chi connectivity index (χ3n) is 2.41. The molecule has 0 amide bonds. The standard InChI is InChI=1S/C11H11NO3/c1-7-2-3-12-9(4-7)8-5-10(13)15-11(14)6-8/h2-4,8H,5-6H2,1H3. The van der Waals surface area contributed by atoms with E-state index in [4.69, 9.17) is 0 Å².